The Kier molecular flexibility index (Phi) is 4.21. The van der Waals surface area contributed by atoms with Gasteiger partial charge in [0.1, 0.15) is 0 Å². The fourth-order valence-corrected chi connectivity index (χ4v) is 2.66. The van der Waals surface area contributed by atoms with Crippen molar-refractivity contribution in [2.45, 2.75) is 51.0 Å². The van der Waals surface area contributed by atoms with Crippen LogP contribution >= 0.6 is 0 Å². The Balaban J connectivity index is 1.93. The fourth-order valence-electron chi connectivity index (χ4n) is 2.66. The fraction of sp³-hybridized carbons (Fsp3) is 0.846. The van der Waals surface area contributed by atoms with Crippen molar-refractivity contribution < 1.29 is 4.74 Å². The van der Waals surface area contributed by atoms with E-state index in [-0.39, 0.29) is 6.04 Å². The third-order valence-corrected chi connectivity index (χ3v) is 3.73. The molecule has 0 aromatic heterocycles. The zero-order valence-corrected chi connectivity index (χ0v) is 9.58. The number of rotatable bonds is 2. The molecule has 86 valence electrons. The molecular formula is C13H23NO. The molecule has 2 unspecified atom stereocenters. The lowest BCUT2D eigenvalue weighted by atomic mass is 9.87. The average molecular weight is 209 g/mol. The molecule has 0 saturated carbocycles. The molecular weight excluding hydrogens is 186 g/mol. The molecule has 2 heteroatoms. The van der Waals surface area contributed by atoms with Crippen LogP contribution in [0.25, 0.3) is 0 Å². The third-order valence-electron chi connectivity index (χ3n) is 3.73. The minimum absolute atomic E-state index is 0.269. The van der Waals surface area contributed by atoms with Crippen molar-refractivity contribution in [2.75, 3.05) is 13.2 Å². The van der Waals surface area contributed by atoms with Gasteiger partial charge in [0.25, 0.3) is 0 Å². The first-order valence-electron chi connectivity index (χ1n) is 6.40. The van der Waals surface area contributed by atoms with Gasteiger partial charge in [0, 0.05) is 18.6 Å². The molecule has 0 bridgehead atoms. The van der Waals surface area contributed by atoms with Crippen LogP contribution in [0.4, 0.5) is 0 Å². The molecule has 2 nitrogen and oxygen atoms in total. The number of allylic oxidation sites excluding steroid dienone is 1. The number of hydrogen-bond acceptors (Lipinski definition) is 2. The standard InChI is InChI=1S/C13H23NO/c14-13(12-8-9-15-10-12)11-6-4-2-1-3-5-7-11/h6,12-13H,1-5,7-10,14H2. The van der Waals surface area contributed by atoms with E-state index < -0.39 is 0 Å². The molecule has 1 aliphatic carbocycles. The summed E-state index contributed by atoms with van der Waals surface area (Å²) < 4.78 is 5.42. The van der Waals surface area contributed by atoms with Gasteiger partial charge in [-0.15, -0.1) is 0 Å². The highest BCUT2D eigenvalue weighted by Crippen LogP contribution is 2.25. The Morgan fingerprint density at radius 2 is 2.13 bits per heavy atom. The Morgan fingerprint density at radius 3 is 2.93 bits per heavy atom. The summed E-state index contributed by atoms with van der Waals surface area (Å²) in [6.45, 7) is 1.78. The van der Waals surface area contributed by atoms with Gasteiger partial charge in [-0.05, 0) is 32.1 Å². The van der Waals surface area contributed by atoms with Crippen molar-refractivity contribution in [1.82, 2.24) is 0 Å². The van der Waals surface area contributed by atoms with Crippen LogP contribution in [0.2, 0.25) is 0 Å². The highest BCUT2D eigenvalue weighted by molar-refractivity contribution is 5.12. The van der Waals surface area contributed by atoms with Crippen LogP contribution in [0.15, 0.2) is 11.6 Å². The van der Waals surface area contributed by atoms with Crippen LogP contribution < -0.4 is 5.73 Å². The SMILES string of the molecule is NC(C1=CCCCCCC1)C1CCOC1. The third kappa shape index (κ3) is 3.05. The lowest BCUT2D eigenvalue weighted by Crippen LogP contribution is -2.32. The summed E-state index contributed by atoms with van der Waals surface area (Å²) in [6.07, 6.45) is 11.5. The molecule has 0 radical (unpaired) electrons. The van der Waals surface area contributed by atoms with Crippen molar-refractivity contribution in [3.63, 3.8) is 0 Å². The monoisotopic (exact) mass is 209 g/mol. The van der Waals surface area contributed by atoms with Gasteiger partial charge in [-0.1, -0.05) is 24.5 Å². The smallest absolute Gasteiger partial charge is 0.0513 e. The van der Waals surface area contributed by atoms with Gasteiger partial charge < -0.3 is 10.5 Å². The summed E-state index contributed by atoms with van der Waals surface area (Å²) in [7, 11) is 0. The second-order valence-electron chi connectivity index (χ2n) is 4.88. The summed E-state index contributed by atoms with van der Waals surface area (Å²) in [4.78, 5) is 0. The van der Waals surface area contributed by atoms with E-state index >= 15 is 0 Å². The van der Waals surface area contributed by atoms with Gasteiger partial charge in [-0.25, -0.2) is 0 Å². The largest absolute Gasteiger partial charge is 0.381 e. The minimum Gasteiger partial charge on any atom is -0.381 e. The molecule has 1 aliphatic heterocycles. The van der Waals surface area contributed by atoms with E-state index in [0.717, 1.165) is 19.6 Å². The van der Waals surface area contributed by atoms with Crippen LogP contribution in [0.3, 0.4) is 0 Å². The molecule has 0 aromatic rings. The van der Waals surface area contributed by atoms with Gasteiger partial charge in [-0.2, -0.15) is 0 Å². The van der Waals surface area contributed by atoms with Crippen LogP contribution in [0.1, 0.15) is 44.9 Å². The Labute approximate surface area is 92.9 Å². The topological polar surface area (TPSA) is 35.2 Å². The van der Waals surface area contributed by atoms with E-state index in [2.05, 4.69) is 6.08 Å². The van der Waals surface area contributed by atoms with E-state index in [9.17, 15) is 0 Å². The molecule has 1 heterocycles. The minimum atomic E-state index is 0.269. The van der Waals surface area contributed by atoms with Crippen LogP contribution in [-0.4, -0.2) is 19.3 Å². The van der Waals surface area contributed by atoms with E-state index in [1.54, 1.807) is 0 Å². The lowest BCUT2D eigenvalue weighted by molar-refractivity contribution is 0.182. The molecule has 0 amide bonds. The molecule has 15 heavy (non-hydrogen) atoms. The summed E-state index contributed by atoms with van der Waals surface area (Å²) in [6, 6.07) is 0.269. The lowest BCUT2D eigenvalue weighted by Gasteiger charge is -2.22. The zero-order valence-electron chi connectivity index (χ0n) is 9.58. The van der Waals surface area contributed by atoms with Gasteiger partial charge in [-0.3, -0.25) is 0 Å². The Hall–Kier alpha value is -0.340. The average Bonchev–Trinajstić information content (AvgIpc) is 2.68. The van der Waals surface area contributed by atoms with Gasteiger partial charge in [0.2, 0.25) is 0 Å². The summed E-state index contributed by atoms with van der Waals surface area (Å²) in [5, 5.41) is 0. The van der Waals surface area contributed by atoms with Crippen molar-refractivity contribution in [2.24, 2.45) is 11.7 Å². The summed E-state index contributed by atoms with van der Waals surface area (Å²) >= 11 is 0. The highest BCUT2D eigenvalue weighted by atomic mass is 16.5. The van der Waals surface area contributed by atoms with E-state index in [1.165, 1.54) is 44.1 Å². The highest BCUT2D eigenvalue weighted by Gasteiger charge is 2.25. The molecule has 1 saturated heterocycles. The first-order chi connectivity index (χ1) is 7.38. The molecule has 1 fully saturated rings. The molecule has 0 spiro atoms. The molecule has 2 aliphatic rings. The first-order valence-corrected chi connectivity index (χ1v) is 6.40. The molecule has 2 atom stereocenters. The quantitative estimate of drug-likeness (QED) is 0.710. The number of nitrogens with two attached hydrogens (primary N) is 1. The predicted molar refractivity (Wildman–Crippen MR) is 62.7 cm³/mol. The maximum absolute atomic E-state index is 6.33. The first kappa shape index (κ1) is 11.2. The maximum atomic E-state index is 6.33. The van der Waals surface area contributed by atoms with Crippen LogP contribution in [0.5, 0.6) is 0 Å². The van der Waals surface area contributed by atoms with Gasteiger partial charge >= 0.3 is 0 Å². The van der Waals surface area contributed by atoms with Crippen molar-refractivity contribution in [1.29, 1.82) is 0 Å². The number of hydrogen-bond donors (Lipinski definition) is 1. The maximum Gasteiger partial charge on any atom is 0.0513 e. The normalized spacial score (nSPS) is 30.5. The van der Waals surface area contributed by atoms with Crippen molar-refractivity contribution in [3.8, 4) is 0 Å². The summed E-state index contributed by atoms with van der Waals surface area (Å²) in [5.41, 5.74) is 7.83. The van der Waals surface area contributed by atoms with Gasteiger partial charge in [0.15, 0.2) is 0 Å². The zero-order chi connectivity index (χ0) is 10.5. The number of ether oxygens (including phenoxy) is 1. The summed E-state index contributed by atoms with van der Waals surface area (Å²) in [5.74, 6) is 0.579. The van der Waals surface area contributed by atoms with Crippen molar-refractivity contribution >= 4 is 0 Å². The van der Waals surface area contributed by atoms with E-state index in [0.29, 0.717) is 5.92 Å². The van der Waals surface area contributed by atoms with E-state index in [4.69, 9.17) is 10.5 Å². The molecule has 0 aromatic carbocycles. The van der Waals surface area contributed by atoms with E-state index in [1.807, 2.05) is 0 Å². The second kappa shape index (κ2) is 5.66. The van der Waals surface area contributed by atoms with Crippen LogP contribution in [-0.2, 0) is 4.74 Å². The van der Waals surface area contributed by atoms with Crippen molar-refractivity contribution in [3.05, 3.63) is 11.6 Å². The van der Waals surface area contributed by atoms with Gasteiger partial charge in [0.05, 0.1) is 6.61 Å². The molecule has 2 N–H and O–H groups in total. The second-order valence-corrected chi connectivity index (χ2v) is 4.88. The van der Waals surface area contributed by atoms with Crippen LogP contribution in [0, 0.1) is 5.92 Å². The predicted octanol–water partition coefficient (Wildman–Crippen LogP) is 2.63. The Bertz CT molecular complexity index is 219. The Morgan fingerprint density at radius 1 is 1.27 bits per heavy atom. The molecule has 2 rings (SSSR count).